The van der Waals surface area contributed by atoms with Crippen LogP contribution in [0.5, 0.6) is 0 Å². The molecule has 0 spiro atoms. The largest absolute Gasteiger partial charge is 0.322 e. The number of carbonyl (C=O) groups is 1. The summed E-state index contributed by atoms with van der Waals surface area (Å²) in [7, 11) is 0. The lowest BCUT2D eigenvalue weighted by molar-refractivity contribution is 0.102. The maximum atomic E-state index is 12.6. The van der Waals surface area contributed by atoms with Crippen molar-refractivity contribution in [2.24, 2.45) is 0 Å². The number of hydrogen-bond donors (Lipinski definition) is 2. The molecule has 0 aliphatic carbocycles. The molecule has 2 aromatic heterocycles. The van der Waals surface area contributed by atoms with Gasteiger partial charge in [-0.1, -0.05) is 41.7 Å². The van der Waals surface area contributed by atoms with Gasteiger partial charge < -0.3 is 4.98 Å². The van der Waals surface area contributed by atoms with E-state index in [9.17, 15) is 9.59 Å². The summed E-state index contributed by atoms with van der Waals surface area (Å²) in [6.45, 7) is 0. The maximum Gasteiger partial charge on any atom is 0.258 e. The number of para-hydroxylation sites is 2. The van der Waals surface area contributed by atoms with Crippen molar-refractivity contribution in [1.29, 1.82) is 0 Å². The first kappa shape index (κ1) is 13.7. The van der Waals surface area contributed by atoms with Crippen LogP contribution < -0.4 is 10.9 Å². The van der Waals surface area contributed by atoms with E-state index in [-0.39, 0.29) is 11.5 Å². The lowest BCUT2D eigenvalue weighted by Gasteiger charge is -2.05. The molecule has 0 saturated carbocycles. The predicted molar refractivity (Wildman–Crippen MR) is 92.1 cm³/mol. The number of benzene rings is 2. The highest BCUT2D eigenvalue weighted by Crippen LogP contribution is 2.26. The summed E-state index contributed by atoms with van der Waals surface area (Å²) in [5, 5.41) is 4.00. The van der Waals surface area contributed by atoms with Crippen LogP contribution in [-0.4, -0.2) is 15.9 Å². The molecule has 2 N–H and O–H groups in total. The van der Waals surface area contributed by atoms with E-state index in [0.717, 1.165) is 10.2 Å². The summed E-state index contributed by atoms with van der Waals surface area (Å²) >= 11 is 1.40. The number of aromatic nitrogens is 2. The number of nitrogens with zero attached hydrogens (tertiary/aromatic N) is 1. The first-order chi connectivity index (χ1) is 11.2. The topological polar surface area (TPSA) is 74.8 Å². The fourth-order valence-electron chi connectivity index (χ4n) is 2.48. The molecule has 0 radical (unpaired) electrons. The average molecular weight is 321 g/mol. The normalized spacial score (nSPS) is 11.0. The third-order valence-corrected chi connectivity index (χ3v) is 4.46. The summed E-state index contributed by atoms with van der Waals surface area (Å²) in [6, 6.07) is 16.2. The highest BCUT2D eigenvalue weighted by atomic mass is 32.1. The Labute approximate surface area is 134 Å². The second-order valence-corrected chi connectivity index (χ2v) is 6.06. The number of thiazole rings is 1. The first-order valence-corrected chi connectivity index (χ1v) is 7.81. The zero-order valence-electron chi connectivity index (χ0n) is 11.9. The van der Waals surface area contributed by atoms with Crippen LogP contribution in [0.25, 0.3) is 21.1 Å². The predicted octanol–water partition coefficient (Wildman–Crippen LogP) is 3.39. The zero-order valence-corrected chi connectivity index (χ0v) is 12.7. The molecular weight excluding hydrogens is 310 g/mol. The van der Waals surface area contributed by atoms with E-state index >= 15 is 0 Å². The van der Waals surface area contributed by atoms with Crippen LogP contribution in [0, 0.1) is 0 Å². The molecule has 0 aliphatic rings. The molecule has 2 heterocycles. The van der Waals surface area contributed by atoms with Gasteiger partial charge >= 0.3 is 0 Å². The van der Waals surface area contributed by atoms with Gasteiger partial charge in [-0.3, -0.25) is 14.9 Å². The molecule has 0 unspecified atom stereocenters. The Morgan fingerprint density at radius 2 is 1.87 bits per heavy atom. The van der Waals surface area contributed by atoms with Crippen molar-refractivity contribution in [1.82, 2.24) is 9.97 Å². The number of nitrogens with one attached hydrogen (secondary N) is 2. The van der Waals surface area contributed by atoms with E-state index in [1.165, 1.54) is 17.4 Å². The monoisotopic (exact) mass is 321 g/mol. The fraction of sp³-hybridized carbons (Fsp3) is 0. The molecule has 6 heteroatoms. The molecule has 23 heavy (non-hydrogen) atoms. The molecule has 0 saturated heterocycles. The lowest BCUT2D eigenvalue weighted by atomic mass is 10.1. The van der Waals surface area contributed by atoms with Gasteiger partial charge in [0.05, 0.1) is 15.8 Å². The van der Waals surface area contributed by atoms with Crippen molar-refractivity contribution < 1.29 is 4.79 Å². The van der Waals surface area contributed by atoms with Crippen molar-refractivity contribution in [3.8, 4) is 0 Å². The van der Waals surface area contributed by atoms with E-state index in [0.29, 0.717) is 21.6 Å². The number of anilines is 1. The zero-order chi connectivity index (χ0) is 15.8. The number of pyridine rings is 1. The van der Waals surface area contributed by atoms with Gasteiger partial charge in [0.1, 0.15) is 0 Å². The van der Waals surface area contributed by atoms with E-state index in [1.54, 1.807) is 12.1 Å². The number of fused-ring (bicyclic) bond motifs is 2. The van der Waals surface area contributed by atoms with Gasteiger partial charge in [-0.15, -0.1) is 0 Å². The van der Waals surface area contributed by atoms with Crippen molar-refractivity contribution >= 4 is 43.5 Å². The Balaban J connectivity index is 1.76. The Kier molecular flexibility index (Phi) is 3.17. The highest BCUT2D eigenvalue weighted by Gasteiger charge is 2.13. The quantitative estimate of drug-likeness (QED) is 0.594. The number of H-pyrrole nitrogens is 1. The minimum Gasteiger partial charge on any atom is -0.322 e. The number of rotatable bonds is 2. The molecule has 0 atom stereocenters. The Bertz CT molecular complexity index is 1060. The molecular formula is C17H11N3O2S. The molecule has 0 fully saturated rings. The number of carbonyl (C=O) groups excluding carboxylic acids is 1. The lowest BCUT2D eigenvalue weighted by Crippen LogP contribution is -2.16. The van der Waals surface area contributed by atoms with Gasteiger partial charge in [0, 0.05) is 17.0 Å². The summed E-state index contributed by atoms with van der Waals surface area (Å²) < 4.78 is 0.999. The maximum absolute atomic E-state index is 12.6. The van der Waals surface area contributed by atoms with Gasteiger partial charge in [-0.25, -0.2) is 4.98 Å². The summed E-state index contributed by atoms with van der Waals surface area (Å²) in [5.74, 6) is -0.341. The third kappa shape index (κ3) is 2.49. The van der Waals surface area contributed by atoms with Crippen LogP contribution in [0.2, 0.25) is 0 Å². The second-order valence-electron chi connectivity index (χ2n) is 5.03. The molecule has 2 aromatic carbocycles. The molecule has 0 aliphatic heterocycles. The Morgan fingerprint density at radius 3 is 2.74 bits per heavy atom. The standard InChI is InChI=1S/C17H11N3O2S/c21-15-9-11(10-5-1-2-6-12(10)18-15)16(22)20-17-19-13-7-3-4-8-14(13)23-17/h1-9H,(H,18,21)(H,19,20,22). The molecule has 4 aromatic rings. The number of aromatic amines is 1. The minimum atomic E-state index is -0.341. The van der Waals surface area contributed by atoms with E-state index < -0.39 is 0 Å². The van der Waals surface area contributed by atoms with Gasteiger partial charge in [-0.2, -0.15) is 0 Å². The Morgan fingerprint density at radius 1 is 1.09 bits per heavy atom. The van der Waals surface area contributed by atoms with Gasteiger partial charge in [0.15, 0.2) is 5.13 Å². The van der Waals surface area contributed by atoms with Crippen LogP contribution in [0.1, 0.15) is 10.4 Å². The van der Waals surface area contributed by atoms with Crippen molar-refractivity contribution in [2.45, 2.75) is 0 Å². The first-order valence-electron chi connectivity index (χ1n) is 7.00. The number of amides is 1. The van der Waals surface area contributed by atoms with E-state index in [2.05, 4.69) is 15.3 Å². The summed E-state index contributed by atoms with van der Waals surface area (Å²) in [6.07, 6.45) is 0. The van der Waals surface area contributed by atoms with Gasteiger partial charge in [0.2, 0.25) is 5.56 Å². The van der Waals surface area contributed by atoms with Gasteiger partial charge in [-0.05, 0) is 18.2 Å². The molecule has 1 amide bonds. The highest BCUT2D eigenvalue weighted by molar-refractivity contribution is 7.22. The second kappa shape index (κ2) is 5.33. The van der Waals surface area contributed by atoms with Crippen LogP contribution in [0.4, 0.5) is 5.13 Å². The SMILES string of the molecule is O=C(Nc1nc2ccccc2s1)c1cc(=O)[nH]c2ccccc12. The third-order valence-electron chi connectivity index (χ3n) is 3.51. The van der Waals surface area contributed by atoms with Crippen LogP contribution in [0.15, 0.2) is 59.4 Å². The van der Waals surface area contributed by atoms with Crippen molar-refractivity contribution in [3.63, 3.8) is 0 Å². The Hall–Kier alpha value is -2.99. The minimum absolute atomic E-state index is 0.307. The smallest absolute Gasteiger partial charge is 0.258 e. The number of hydrogen-bond acceptors (Lipinski definition) is 4. The van der Waals surface area contributed by atoms with E-state index in [4.69, 9.17) is 0 Å². The van der Waals surface area contributed by atoms with Crippen molar-refractivity contribution in [3.05, 3.63) is 70.5 Å². The van der Waals surface area contributed by atoms with Gasteiger partial charge in [0.25, 0.3) is 5.91 Å². The average Bonchev–Trinajstić information content (AvgIpc) is 2.96. The molecule has 112 valence electrons. The summed E-state index contributed by atoms with van der Waals surface area (Å²) in [4.78, 5) is 31.4. The fourth-order valence-corrected chi connectivity index (χ4v) is 3.34. The molecule has 4 rings (SSSR count). The molecule has 0 bridgehead atoms. The van der Waals surface area contributed by atoms with Crippen molar-refractivity contribution in [2.75, 3.05) is 5.32 Å². The van der Waals surface area contributed by atoms with Crippen LogP contribution in [-0.2, 0) is 0 Å². The van der Waals surface area contributed by atoms with E-state index in [1.807, 2.05) is 36.4 Å². The summed E-state index contributed by atoms with van der Waals surface area (Å²) in [5.41, 5.74) is 1.50. The van der Waals surface area contributed by atoms with Crippen LogP contribution >= 0.6 is 11.3 Å². The van der Waals surface area contributed by atoms with Crippen LogP contribution in [0.3, 0.4) is 0 Å². The molecule has 5 nitrogen and oxygen atoms in total.